The zero-order chi connectivity index (χ0) is 17.4. The Kier molecular flexibility index (Phi) is 7.09. The molecule has 1 saturated carbocycles. The van der Waals surface area contributed by atoms with Crippen LogP contribution in [0.1, 0.15) is 58.8 Å². The van der Waals surface area contributed by atoms with E-state index in [1.165, 1.54) is 12.8 Å². The molecule has 0 aliphatic heterocycles. The topological polar surface area (TPSA) is 67.4 Å². The molecule has 0 atom stereocenters. The molecule has 2 amide bonds. The van der Waals surface area contributed by atoms with Gasteiger partial charge in [-0.3, -0.25) is 9.59 Å². The van der Waals surface area contributed by atoms with E-state index in [2.05, 4.69) is 10.6 Å². The van der Waals surface area contributed by atoms with Crippen molar-refractivity contribution in [1.82, 2.24) is 5.32 Å². The van der Waals surface area contributed by atoms with Crippen molar-refractivity contribution in [3.63, 3.8) is 0 Å². The smallest absolute Gasteiger partial charge is 0.233 e. The first kappa shape index (κ1) is 18.3. The molecule has 5 nitrogen and oxygen atoms in total. The molecule has 1 fully saturated rings. The number of carbonyl (C=O) groups is 2. The first-order valence-electron chi connectivity index (χ1n) is 8.89. The quantitative estimate of drug-likeness (QED) is 0.617. The highest BCUT2D eigenvalue weighted by Gasteiger charge is 2.17. The molecule has 0 spiro atoms. The number of amides is 2. The lowest BCUT2D eigenvalue weighted by molar-refractivity contribution is -0.127. The number of hydrogen-bond acceptors (Lipinski definition) is 3. The maximum Gasteiger partial charge on any atom is 0.233 e. The van der Waals surface area contributed by atoms with Crippen LogP contribution in [0.2, 0.25) is 0 Å². The number of benzene rings is 1. The van der Waals surface area contributed by atoms with E-state index in [-0.39, 0.29) is 30.4 Å². The van der Waals surface area contributed by atoms with Crippen molar-refractivity contribution in [2.75, 3.05) is 5.32 Å². The summed E-state index contributed by atoms with van der Waals surface area (Å²) in [5.41, 5.74) is 0.596. The standard InChI is InChI=1S/C19H28N2O3/c1-14(2)24-17-12-8-7-11-16(17)21-19(23)13-18(22)20-15-9-5-3-4-6-10-15/h7-8,11-12,14-15H,3-6,9-10,13H2,1-2H3,(H,20,22)(H,21,23). The zero-order valence-electron chi connectivity index (χ0n) is 14.6. The summed E-state index contributed by atoms with van der Waals surface area (Å²) in [6.45, 7) is 3.86. The Bertz CT molecular complexity index is 549. The third-order valence-electron chi connectivity index (χ3n) is 4.07. The molecule has 1 aromatic rings. The molecule has 2 N–H and O–H groups in total. The number of nitrogens with one attached hydrogen (secondary N) is 2. The van der Waals surface area contributed by atoms with Gasteiger partial charge in [0.2, 0.25) is 11.8 Å². The van der Waals surface area contributed by atoms with Crippen molar-refractivity contribution in [3.05, 3.63) is 24.3 Å². The van der Waals surface area contributed by atoms with Crippen molar-refractivity contribution >= 4 is 17.5 Å². The molecule has 5 heteroatoms. The lowest BCUT2D eigenvalue weighted by Gasteiger charge is -2.17. The van der Waals surface area contributed by atoms with Gasteiger partial charge in [0.15, 0.2) is 0 Å². The molecular formula is C19H28N2O3. The van der Waals surface area contributed by atoms with Crippen molar-refractivity contribution < 1.29 is 14.3 Å². The molecule has 0 heterocycles. The summed E-state index contributed by atoms with van der Waals surface area (Å²) in [4.78, 5) is 24.2. The molecule has 0 bridgehead atoms. The van der Waals surface area contributed by atoms with E-state index in [0.29, 0.717) is 11.4 Å². The van der Waals surface area contributed by atoms with E-state index in [1.54, 1.807) is 12.1 Å². The Morgan fingerprint density at radius 3 is 2.42 bits per heavy atom. The van der Waals surface area contributed by atoms with Gasteiger partial charge in [0, 0.05) is 6.04 Å². The normalized spacial score (nSPS) is 15.6. The van der Waals surface area contributed by atoms with Gasteiger partial charge < -0.3 is 15.4 Å². The van der Waals surface area contributed by atoms with Gasteiger partial charge in [0.1, 0.15) is 12.2 Å². The molecule has 1 aliphatic rings. The maximum absolute atomic E-state index is 12.1. The highest BCUT2D eigenvalue weighted by atomic mass is 16.5. The predicted octanol–water partition coefficient (Wildman–Crippen LogP) is 3.64. The van der Waals surface area contributed by atoms with Crippen LogP contribution >= 0.6 is 0 Å². The monoisotopic (exact) mass is 332 g/mol. The molecule has 0 radical (unpaired) electrons. The summed E-state index contributed by atoms with van der Waals surface area (Å²) >= 11 is 0. The molecule has 0 unspecified atom stereocenters. The Morgan fingerprint density at radius 2 is 1.75 bits per heavy atom. The van der Waals surface area contributed by atoms with Crippen LogP contribution < -0.4 is 15.4 Å². The first-order chi connectivity index (χ1) is 11.5. The minimum atomic E-state index is -0.319. The summed E-state index contributed by atoms with van der Waals surface area (Å²) < 4.78 is 5.67. The van der Waals surface area contributed by atoms with Gasteiger partial charge in [-0.2, -0.15) is 0 Å². The fourth-order valence-electron chi connectivity index (χ4n) is 2.97. The van der Waals surface area contributed by atoms with E-state index in [4.69, 9.17) is 4.74 Å². The van der Waals surface area contributed by atoms with Crippen LogP contribution in [0, 0.1) is 0 Å². The van der Waals surface area contributed by atoms with Crippen LogP contribution in [0.4, 0.5) is 5.69 Å². The minimum Gasteiger partial charge on any atom is -0.489 e. The number of ether oxygens (including phenoxy) is 1. The van der Waals surface area contributed by atoms with E-state index in [9.17, 15) is 9.59 Å². The van der Waals surface area contributed by atoms with E-state index >= 15 is 0 Å². The van der Waals surface area contributed by atoms with Crippen LogP contribution in [-0.2, 0) is 9.59 Å². The average Bonchev–Trinajstić information content (AvgIpc) is 2.77. The molecule has 0 aromatic heterocycles. The van der Waals surface area contributed by atoms with E-state index in [1.807, 2.05) is 26.0 Å². The van der Waals surface area contributed by atoms with Gasteiger partial charge in [-0.1, -0.05) is 37.8 Å². The molecule has 132 valence electrons. The van der Waals surface area contributed by atoms with Gasteiger partial charge in [0.25, 0.3) is 0 Å². The molecule has 1 aromatic carbocycles. The SMILES string of the molecule is CC(C)Oc1ccccc1NC(=O)CC(=O)NC1CCCCCC1. The van der Waals surface area contributed by atoms with E-state index in [0.717, 1.165) is 25.7 Å². The van der Waals surface area contributed by atoms with Crippen LogP contribution in [-0.4, -0.2) is 24.0 Å². The Balaban J connectivity index is 1.85. The summed E-state index contributed by atoms with van der Waals surface area (Å²) in [6.07, 6.45) is 6.65. The molecule has 2 rings (SSSR count). The van der Waals surface area contributed by atoms with Gasteiger partial charge in [0.05, 0.1) is 11.8 Å². The third kappa shape index (κ3) is 6.22. The van der Waals surface area contributed by atoms with E-state index < -0.39 is 0 Å². The average molecular weight is 332 g/mol. The lowest BCUT2D eigenvalue weighted by Crippen LogP contribution is -2.36. The van der Waals surface area contributed by atoms with Crippen LogP contribution in [0.15, 0.2) is 24.3 Å². The van der Waals surface area contributed by atoms with Crippen LogP contribution in [0.5, 0.6) is 5.75 Å². The van der Waals surface area contributed by atoms with Crippen molar-refractivity contribution in [2.24, 2.45) is 0 Å². The second-order valence-corrected chi connectivity index (χ2v) is 6.64. The summed E-state index contributed by atoms with van der Waals surface area (Å²) in [5, 5.41) is 5.76. The Hall–Kier alpha value is -2.04. The number of para-hydroxylation sites is 2. The summed E-state index contributed by atoms with van der Waals surface area (Å²) in [6, 6.07) is 7.48. The van der Waals surface area contributed by atoms with Crippen molar-refractivity contribution in [3.8, 4) is 5.75 Å². The van der Waals surface area contributed by atoms with Gasteiger partial charge in [-0.25, -0.2) is 0 Å². The fourth-order valence-corrected chi connectivity index (χ4v) is 2.97. The number of rotatable bonds is 6. The van der Waals surface area contributed by atoms with Gasteiger partial charge in [-0.15, -0.1) is 0 Å². The van der Waals surface area contributed by atoms with Gasteiger partial charge in [-0.05, 0) is 38.8 Å². The van der Waals surface area contributed by atoms with Crippen molar-refractivity contribution in [2.45, 2.75) is 70.9 Å². The zero-order valence-corrected chi connectivity index (χ0v) is 14.6. The highest BCUT2D eigenvalue weighted by molar-refractivity contribution is 6.04. The molecular weight excluding hydrogens is 304 g/mol. The number of anilines is 1. The largest absolute Gasteiger partial charge is 0.489 e. The van der Waals surface area contributed by atoms with Crippen LogP contribution in [0.3, 0.4) is 0 Å². The van der Waals surface area contributed by atoms with Gasteiger partial charge >= 0.3 is 0 Å². The number of carbonyl (C=O) groups excluding carboxylic acids is 2. The van der Waals surface area contributed by atoms with Crippen LogP contribution in [0.25, 0.3) is 0 Å². The maximum atomic E-state index is 12.1. The summed E-state index contributed by atoms with van der Waals surface area (Å²) in [5.74, 6) is 0.0904. The molecule has 0 saturated heterocycles. The molecule has 24 heavy (non-hydrogen) atoms. The highest BCUT2D eigenvalue weighted by Crippen LogP contribution is 2.25. The Labute approximate surface area is 144 Å². The predicted molar refractivity (Wildman–Crippen MR) is 95.1 cm³/mol. The second-order valence-electron chi connectivity index (χ2n) is 6.64. The third-order valence-corrected chi connectivity index (χ3v) is 4.07. The first-order valence-corrected chi connectivity index (χ1v) is 8.89. The lowest BCUT2D eigenvalue weighted by atomic mass is 10.1. The number of hydrogen-bond donors (Lipinski definition) is 2. The molecule has 1 aliphatic carbocycles. The minimum absolute atomic E-state index is 0.0154. The Morgan fingerprint density at radius 1 is 1.08 bits per heavy atom. The fraction of sp³-hybridized carbons (Fsp3) is 0.579. The summed E-state index contributed by atoms with van der Waals surface area (Å²) in [7, 11) is 0. The van der Waals surface area contributed by atoms with Crippen molar-refractivity contribution in [1.29, 1.82) is 0 Å². The second kappa shape index (κ2) is 9.30.